The summed E-state index contributed by atoms with van der Waals surface area (Å²) in [5.41, 5.74) is -0.0381. The molecule has 0 fully saturated rings. The van der Waals surface area contributed by atoms with Crippen LogP contribution in [0.4, 0.5) is 11.6 Å². The van der Waals surface area contributed by atoms with E-state index in [2.05, 4.69) is 36.1 Å². The van der Waals surface area contributed by atoms with Gasteiger partial charge in [0.2, 0.25) is 0 Å². The number of hydrogen-bond donors (Lipinski definition) is 1. The van der Waals surface area contributed by atoms with Crippen LogP contribution in [-0.2, 0) is 4.79 Å². The second-order valence-electron chi connectivity index (χ2n) is 5.51. The molecule has 0 unspecified atom stereocenters. The van der Waals surface area contributed by atoms with Gasteiger partial charge in [0.1, 0.15) is 23.7 Å². The summed E-state index contributed by atoms with van der Waals surface area (Å²) in [4.78, 5) is 21.3. The van der Waals surface area contributed by atoms with Crippen molar-refractivity contribution in [1.29, 1.82) is 0 Å². The predicted molar refractivity (Wildman–Crippen MR) is 74.0 cm³/mol. The van der Waals surface area contributed by atoms with Crippen LogP contribution in [0.15, 0.2) is 12.4 Å². The molecule has 100 valence electrons. The molecule has 5 nitrogen and oxygen atoms in total. The van der Waals surface area contributed by atoms with E-state index in [1.165, 1.54) is 6.33 Å². The van der Waals surface area contributed by atoms with Crippen molar-refractivity contribution in [1.82, 2.24) is 9.97 Å². The normalized spacial score (nSPS) is 11.2. The fraction of sp³-hybridized carbons (Fsp3) is 0.615. The fourth-order valence-electron chi connectivity index (χ4n) is 1.45. The van der Waals surface area contributed by atoms with Gasteiger partial charge in [-0.25, -0.2) is 9.97 Å². The number of rotatable bonds is 5. The summed E-state index contributed by atoms with van der Waals surface area (Å²) >= 11 is 0. The van der Waals surface area contributed by atoms with Crippen LogP contribution in [0.3, 0.4) is 0 Å². The summed E-state index contributed by atoms with van der Waals surface area (Å²) in [6.45, 7) is 8.50. The largest absolute Gasteiger partial charge is 0.365 e. The van der Waals surface area contributed by atoms with Crippen LogP contribution >= 0.6 is 0 Å². The smallest absolute Gasteiger partial charge is 0.133 e. The van der Waals surface area contributed by atoms with E-state index >= 15 is 0 Å². The van der Waals surface area contributed by atoms with Gasteiger partial charge in [0, 0.05) is 31.6 Å². The topological polar surface area (TPSA) is 58.1 Å². The van der Waals surface area contributed by atoms with Crippen LogP contribution in [0.5, 0.6) is 0 Å². The third-order valence-electron chi connectivity index (χ3n) is 2.35. The average Bonchev–Trinajstić information content (AvgIpc) is 2.23. The second kappa shape index (κ2) is 5.80. The van der Waals surface area contributed by atoms with Crippen molar-refractivity contribution in [2.45, 2.75) is 39.7 Å². The van der Waals surface area contributed by atoms with Gasteiger partial charge >= 0.3 is 0 Å². The Morgan fingerprint density at radius 3 is 2.61 bits per heavy atom. The summed E-state index contributed by atoms with van der Waals surface area (Å²) in [6, 6.07) is 1.89. The lowest BCUT2D eigenvalue weighted by Crippen LogP contribution is -2.27. The van der Waals surface area contributed by atoms with Crippen molar-refractivity contribution in [3.8, 4) is 0 Å². The number of nitrogens with zero attached hydrogens (tertiary/aromatic N) is 3. The molecule has 0 aliphatic carbocycles. The van der Waals surface area contributed by atoms with E-state index in [1.54, 1.807) is 6.92 Å². The lowest BCUT2D eigenvalue weighted by Gasteiger charge is -2.23. The summed E-state index contributed by atoms with van der Waals surface area (Å²) in [5, 5.41) is 3.30. The van der Waals surface area contributed by atoms with E-state index in [9.17, 15) is 4.79 Å². The van der Waals surface area contributed by atoms with E-state index < -0.39 is 0 Å². The summed E-state index contributed by atoms with van der Waals surface area (Å²) in [5.74, 6) is 1.80. The number of Topliss-reactive ketones (excluding diaryl/α,β-unsaturated/α-hetero) is 1. The van der Waals surface area contributed by atoms with Crippen molar-refractivity contribution in [3.05, 3.63) is 12.4 Å². The first kappa shape index (κ1) is 14.4. The van der Waals surface area contributed by atoms with Crippen LogP contribution in [-0.4, -0.2) is 34.9 Å². The minimum Gasteiger partial charge on any atom is -0.365 e. The van der Waals surface area contributed by atoms with Gasteiger partial charge in [0.05, 0.1) is 0 Å². The molecule has 1 rings (SSSR count). The molecule has 5 heteroatoms. The van der Waals surface area contributed by atoms with Gasteiger partial charge in [-0.3, -0.25) is 4.79 Å². The summed E-state index contributed by atoms with van der Waals surface area (Å²) in [6.07, 6.45) is 2.07. The molecule has 1 heterocycles. The Bertz CT molecular complexity index is 412. The highest BCUT2D eigenvalue weighted by Gasteiger charge is 2.11. The highest BCUT2D eigenvalue weighted by molar-refractivity contribution is 5.76. The summed E-state index contributed by atoms with van der Waals surface area (Å²) < 4.78 is 0. The molecule has 0 radical (unpaired) electrons. The first-order valence-corrected chi connectivity index (χ1v) is 6.09. The van der Waals surface area contributed by atoms with Gasteiger partial charge in [0.15, 0.2) is 0 Å². The third-order valence-corrected chi connectivity index (χ3v) is 2.35. The number of carbonyl (C=O) groups is 1. The standard InChI is InChI=1S/C13H22N4O/c1-10(18)6-7-17(5)12-8-11(14-9-15-12)16-13(2,3)4/h8-9H,6-7H2,1-5H3,(H,14,15,16). The molecule has 0 atom stereocenters. The van der Waals surface area contributed by atoms with E-state index in [4.69, 9.17) is 0 Å². The monoisotopic (exact) mass is 250 g/mol. The molecule has 0 amide bonds. The van der Waals surface area contributed by atoms with Gasteiger partial charge in [-0.15, -0.1) is 0 Å². The first-order chi connectivity index (χ1) is 8.28. The molecule has 1 N–H and O–H groups in total. The minimum atomic E-state index is -0.0381. The molecule has 18 heavy (non-hydrogen) atoms. The molecule has 0 saturated heterocycles. The zero-order valence-electron chi connectivity index (χ0n) is 11.8. The van der Waals surface area contributed by atoms with Crippen molar-refractivity contribution in [3.63, 3.8) is 0 Å². The highest BCUT2D eigenvalue weighted by Crippen LogP contribution is 2.16. The number of nitrogens with one attached hydrogen (secondary N) is 1. The lowest BCUT2D eigenvalue weighted by molar-refractivity contribution is -0.116. The maximum atomic E-state index is 11.0. The predicted octanol–water partition coefficient (Wildman–Crippen LogP) is 2.10. The van der Waals surface area contributed by atoms with Crippen molar-refractivity contribution in [2.24, 2.45) is 0 Å². The first-order valence-electron chi connectivity index (χ1n) is 6.09. The molecule has 1 aromatic heterocycles. The number of ketones is 1. The molecule has 1 aromatic rings. The van der Waals surface area contributed by atoms with Crippen LogP contribution in [0.2, 0.25) is 0 Å². The summed E-state index contributed by atoms with van der Waals surface area (Å²) in [7, 11) is 1.92. The minimum absolute atomic E-state index is 0.0381. The number of carbonyl (C=O) groups excluding carboxylic acids is 1. The molecular formula is C13H22N4O. The van der Waals surface area contributed by atoms with Gasteiger partial charge in [-0.05, 0) is 27.7 Å². The van der Waals surface area contributed by atoms with E-state index in [0.717, 1.165) is 11.6 Å². The SMILES string of the molecule is CC(=O)CCN(C)c1cc(NC(C)(C)C)ncn1. The Morgan fingerprint density at radius 2 is 2.06 bits per heavy atom. The number of aromatic nitrogens is 2. The van der Waals surface area contributed by atoms with E-state index in [1.807, 2.05) is 18.0 Å². The Labute approximate surface area is 109 Å². The lowest BCUT2D eigenvalue weighted by atomic mass is 10.1. The molecule has 0 aliphatic heterocycles. The average molecular weight is 250 g/mol. The maximum Gasteiger partial charge on any atom is 0.133 e. The number of anilines is 2. The van der Waals surface area contributed by atoms with Gasteiger partial charge in [-0.2, -0.15) is 0 Å². The van der Waals surface area contributed by atoms with Crippen LogP contribution in [0.1, 0.15) is 34.1 Å². The molecular weight excluding hydrogens is 228 g/mol. The fourth-order valence-corrected chi connectivity index (χ4v) is 1.45. The van der Waals surface area contributed by atoms with Crippen LogP contribution in [0.25, 0.3) is 0 Å². The maximum absolute atomic E-state index is 11.0. The Balaban J connectivity index is 2.72. The molecule has 0 bridgehead atoms. The second-order valence-corrected chi connectivity index (χ2v) is 5.51. The van der Waals surface area contributed by atoms with E-state index in [-0.39, 0.29) is 11.3 Å². The van der Waals surface area contributed by atoms with Crippen LogP contribution in [0, 0.1) is 0 Å². The Morgan fingerprint density at radius 1 is 1.39 bits per heavy atom. The number of hydrogen-bond acceptors (Lipinski definition) is 5. The Kier molecular flexibility index (Phi) is 4.64. The van der Waals surface area contributed by atoms with Gasteiger partial charge in [-0.1, -0.05) is 0 Å². The van der Waals surface area contributed by atoms with E-state index in [0.29, 0.717) is 13.0 Å². The zero-order chi connectivity index (χ0) is 13.8. The van der Waals surface area contributed by atoms with Crippen molar-refractivity contribution in [2.75, 3.05) is 23.8 Å². The third kappa shape index (κ3) is 5.12. The zero-order valence-corrected chi connectivity index (χ0v) is 11.8. The van der Waals surface area contributed by atoms with Crippen molar-refractivity contribution < 1.29 is 4.79 Å². The van der Waals surface area contributed by atoms with Crippen molar-refractivity contribution >= 4 is 17.4 Å². The molecule has 0 aliphatic rings. The van der Waals surface area contributed by atoms with Gasteiger partial charge < -0.3 is 10.2 Å². The Hall–Kier alpha value is -1.65. The molecule has 0 spiro atoms. The quantitative estimate of drug-likeness (QED) is 0.867. The highest BCUT2D eigenvalue weighted by atomic mass is 16.1. The van der Waals surface area contributed by atoms with Crippen LogP contribution < -0.4 is 10.2 Å². The molecule has 0 saturated carbocycles. The molecule has 0 aromatic carbocycles. The van der Waals surface area contributed by atoms with Gasteiger partial charge in [0.25, 0.3) is 0 Å².